The summed E-state index contributed by atoms with van der Waals surface area (Å²) in [4.78, 5) is 8.34. The van der Waals surface area contributed by atoms with E-state index in [9.17, 15) is 4.39 Å². The molecule has 1 aromatic heterocycles. The third-order valence-corrected chi connectivity index (χ3v) is 3.82. The van der Waals surface area contributed by atoms with E-state index >= 15 is 0 Å². The summed E-state index contributed by atoms with van der Waals surface area (Å²) in [6.07, 6.45) is 1.41. The van der Waals surface area contributed by atoms with Crippen molar-refractivity contribution in [2.24, 2.45) is 0 Å². The van der Waals surface area contributed by atoms with E-state index in [0.717, 1.165) is 0 Å². The normalized spacial score (nSPS) is 10.3. The Morgan fingerprint density at radius 2 is 1.69 bits per heavy atom. The van der Waals surface area contributed by atoms with Crippen molar-refractivity contribution in [1.29, 1.82) is 0 Å². The maximum absolute atomic E-state index is 13.3. The standard InChI is InChI=1S/C18H16ClFN4O2/c1-25-12-4-6-16(26-2)15(8-12)24-18-9-17(21-10-22-18)23-11-3-5-14(20)13(19)7-11/h3-10H,1-2H3,(H2,21,22,23,24). The highest BCUT2D eigenvalue weighted by Crippen LogP contribution is 2.31. The van der Waals surface area contributed by atoms with Crippen molar-refractivity contribution in [3.63, 3.8) is 0 Å². The lowest BCUT2D eigenvalue weighted by Gasteiger charge is -2.13. The number of nitrogens with one attached hydrogen (secondary N) is 2. The molecule has 8 heteroatoms. The van der Waals surface area contributed by atoms with Crippen LogP contribution in [-0.4, -0.2) is 24.2 Å². The number of hydrogen-bond acceptors (Lipinski definition) is 6. The molecule has 0 aliphatic rings. The first-order valence-electron chi connectivity index (χ1n) is 7.62. The van der Waals surface area contributed by atoms with Crippen molar-refractivity contribution in [2.45, 2.75) is 0 Å². The van der Waals surface area contributed by atoms with Crippen LogP contribution in [0.25, 0.3) is 0 Å². The van der Waals surface area contributed by atoms with Crippen molar-refractivity contribution in [3.05, 3.63) is 59.6 Å². The number of methoxy groups -OCH3 is 2. The van der Waals surface area contributed by atoms with Crippen LogP contribution in [0.3, 0.4) is 0 Å². The molecule has 0 aliphatic heterocycles. The van der Waals surface area contributed by atoms with E-state index in [1.165, 1.54) is 18.5 Å². The average molecular weight is 375 g/mol. The van der Waals surface area contributed by atoms with Crippen LogP contribution in [0.5, 0.6) is 11.5 Å². The molecular weight excluding hydrogens is 359 g/mol. The fraction of sp³-hybridized carbons (Fsp3) is 0.111. The van der Waals surface area contributed by atoms with E-state index in [0.29, 0.717) is 34.5 Å². The minimum Gasteiger partial charge on any atom is -0.497 e. The highest BCUT2D eigenvalue weighted by molar-refractivity contribution is 6.31. The average Bonchev–Trinajstić information content (AvgIpc) is 2.65. The molecule has 6 nitrogen and oxygen atoms in total. The summed E-state index contributed by atoms with van der Waals surface area (Å²) in [5, 5.41) is 6.24. The molecule has 26 heavy (non-hydrogen) atoms. The summed E-state index contributed by atoms with van der Waals surface area (Å²) in [6, 6.07) is 11.4. The van der Waals surface area contributed by atoms with Gasteiger partial charge < -0.3 is 20.1 Å². The molecule has 0 amide bonds. The molecule has 0 bridgehead atoms. The molecular formula is C18H16ClFN4O2. The van der Waals surface area contributed by atoms with Crippen molar-refractivity contribution in [2.75, 3.05) is 24.9 Å². The Morgan fingerprint density at radius 3 is 2.38 bits per heavy atom. The van der Waals surface area contributed by atoms with Gasteiger partial charge in [0, 0.05) is 17.8 Å². The Morgan fingerprint density at radius 1 is 0.923 bits per heavy atom. The number of benzene rings is 2. The van der Waals surface area contributed by atoms with Crippen LogP contribution in [0.2, 0.25) is 5.02 Å². The van der Waals surface area contributed by atoms with Crippen LogP contribution in [0.4, 0.5) is 27.4 Å². The molecule has 0 radical (unpaired) electrons. The van der Waals surface area contributed by atoms with Crippen LogP contribution in [0.1, 0.15) is 0 Å². The molecule has 0 unspecified atom stereocenters. The highest BCUT2D eigenvalue weighted by atomic mass is 35.5. The maximum Gasteiger partial charge on any atom is 0.142 e. The summed E-state index contributed by atoms with van der Waals surface area (Å²) in [5.41, 5.74) is 1.31. The molecule has 0 saturated heterocycles. The minimum absolute atomic E-state index is 0.0310. The summed E-state index contributed by atoms with van der Waals surface area (Å²) in [6.45, 7) is 0. The number of nitrogens with zero attached hydrogens (tertiary/aromatic N) is 2. The van der Waals surface area contributed by atoms with Gasteiger partial charge in [-0.1, -0.05) is 11.6 Å². The van der Waals surface area contributed by atoms with Crippen LogP contribution >= 0.6 is 11.6 Å². The molecule has 3 rings (SSSR count). The van der Waals surface area contributed by atoms with Gasteiger partial charge in [-0.2, -0.15) is 0 Å². The molecule has 0 spiro atoms. The number of anilines is 4. The Bertz CT molecular complexity index is 923. The highest BCUT2D eigenvalue weighted by Gasteiger charge is 2.08. The first kappa shape index (κ1) is 17.8. The van der Waals surface area contributed by atoms with Gasteiger partial charge in [0.15, 0.2) is 0 Å². The molecule has 0 atom stereocenters. The largest absolute Gasteiger partial charge is 0.497 e. The van der Waals surface area contributed by atoms with Crippen molar-refractivity contribution >= 4 is 34.6 Å². The van der Waals surface area contributed by atoms with Gasteiger partial charge in [0.25, 0.3) is 0 Å². The summed E-state index contributed by atoms with van der Waals surface area (Å²) in [7, 11) is 3.17. The summed E-state index contributed by atoms with van der Waals surface area (Å²) < 4.78 is 23.8. The monoisotopic (exact) mass is 374 g/mol. The zero-order chi connectivity index (χ0) is 18.5. The Hall–Kier alpha value is -3.06. The fourth-order valence-corrected chi connectivity index (χ4v) is 2.45. The lowest BCUT2D eigenvalue weighted by atomic mass is 10.2. The van der Waals surface area contributed by atoms with Gasteiger partial charge in [-0.25, -0.2) is 14.4 Å². The second kappa shape index (κ2) is 7.88. The first-order valence-corrected chi connectivity index (χ1v) is 8.00. The zero-order valence-electron chi connectivity index (χ0n) is 14.1. The molecule has 2 N–H and O–H groups in total. The number of rotatable bonds is 6. The van der Waals surface area contributed by atoms with Gasteiger partial charge >= 0.3 is 0 Å². The Kier molecular flexibility index (Phi) is 5.38. The van der Waals surface area contributed by atoms with Crippen LogP contribution in [0.15, 0.2) is 48.8 Å². The number of halogens is 2. The van der Waals surface area contributed by atoms with Crippen molar-refractivity contribution < 1.29 is 13.9 Å². The van der Waals surface area contributed by atoms with E-state index in [-0.39, 0.29) is 5.02 Å². The van der Waals surface area contributed by atoms with Crippen molar-refractivity contribution in [3.8, 4) is 11.5 Å². The van der Waals surface area contributed by atoms with Gasteiger partial charge in [-0.05, 0) is 30.3 Å². The molecule has 2 aromatic carbocycles. The Balaban J connectivity index is 1.82. The first-order chi connectivity index (χ1) is 12.6. The second-order valence-electron chi connectivity index (χ2n) is 5.23. The molecule has 1 heterocycles. The lowest BCUT2D eigenvalue weighted by Crippen LogP contribution is -2.00. The van der Waals surface area contributed by atoms with E-state index < -0.39 is 5.82 Å². The summed E-state index contributed by atoms with van der Waals surface area (Å²) in [5.74, 6) is 1.91. The second-order valence-corrected chi connectivity index (χ2v) is 5.64. The third kappa shape index (κ3) is 4.12. The van der Waals surface area contributed by atoms with Gasteiger partial charge in [0.2, 0.25) is 0 Å². The van der Waals surface area contributed by atoms with Crippen LogP contribution in [-0.2, 0) is 0 Å². The predicted molar refractivity (Wildman–Crippen MR) is 99.6 cm³/mol. The van der Waals surface area contributed by atoms with E-state index in [1.807, 2.05) is 0 Å². The number of ether oxygens (including phenoxy) is 2. The molecule has 0 saturated carbocycles. The molecule has 0 fully saturated rings. The van der Waals surface area contributed by atoms with Crippen LogP contribution in [0, 0.1) is 5.82 Å². The van der Waals surface area contributed by atoms with E-state index in [4.69, 9.17) is 21.1 Å². The van der Waals surface area contributed by atoms with E-state index in [1.54, 1.807) is 44.6 Å². The summed E-state index contributed by atoms with van der Waals surface area (Å²) >= 11 is 5.79. The Labute approximate surface area is 155 Å². The fourth-order valence-electron chi connectivity index (χ4n) is 2.27. The number of aromatic nitrogens is 2. The predicted octanol–water partition coefficient (Wildman–Crippen LogP) is 4.77. The SMILES string of the molecule is COc1ccc(OC)c(Nc2cc(Nc3ccc(F)c(Cl)c3)ncn2)c1. The van der Waals surface area contributed by atoms with Gasteiger partial charge in [0.1, 0.15) is 35.3 Å². The zero-order valence-corrected chi connectivity index (χ0v) is 14.8. The lowest BCUT2D eigenvalue weighted by molar-refractivity contribution is 0.405. The van der Waals surface area contributed by atoms with Gasteiger partial charge in [-0.3, -0.25) is 0 Å². The molecule has 134 valence electrons. The van der Waals surface area contributed by atoms with Gasteiger partial charge in [0.05, 0.1) is 24.9 Å². The smallest absolute Gasteiger partial charge is 0.142 e. The maximum atomic E-state index is 13.3. The quantitative estimate of drug-likeness (QED) is 0.647. The van der Waals surface area contributed by atoms with Gasteiger partial charge in [-0.15, -0.1) is 0 Å². The molecule has 3 aromatic rings. The number of hydrogen-bond donors (Lipinski definition) is 2. The topological polar surface area (TPSA) is 68.3 Å². The molecule has 0 aliphatic carbocycles. The van der Waals surface area contributed by atoms with Crippen LogP contribution < -0.4 is 20.1 Å². The van der Waals surface area contributed by atoms with E-state index in [2.05, 4.69) is 20.6 Å². The third-order valence-electron chi connectivity index (χ3n) is 3.53. The van der Waals surface area contributed by atoms with Crippen molar-refractivity contribution in [1.82, 2.24) is 9.97 Å². The minimum atomic E-state index is -0.479.